The molecule has 3 aliphatic rings. The fraction of sp³-hybridized carbons (Fsp3) is 0.391. The summed E-state index contributed by atoms with van der Waals surface area (Å²) in [7, 11) is 2.95. The number of methoxy groups -OCH3 is 2. The van der Waals surface area contributed by atoms with Crippen LogP contribution in [0.25, 0.3) is 17.4 Å². The Balaban J connectivity index is 1.39. The summed E-state index contributed by atoms with van der Waals surface area (Å²) in [5.74, 6) is 2.97. The highest BCUT2D eigenvalue weighted by atomic mass is 32.2. The third kappa shape index (κ3) is 3.51. The maximum atomic E-state index is 13.1. The molecule has 5 rings (SSSR count). The molecule has 2 aromatic rings. The molecule has 3 fully saturated rings. The van der Waals surface area contributed by atoms with Gasteiger partial charge in [-0.3, -0.25) is 9.69 Å². The molecule has 1 aliphatic heterocycles. The second kappa shape index (κ2) is 7.91. The lowest BCUT2D eigenvalue weighted by Gasteiger charge is -2.30. The molecule has 0 radical (unpaired) electrons. The first-order chi connectivity index (χ1) is 15.0. The van der Waals surface area contributed by atoms with Gasteiger partial charge >= 0.3 is 0 Å². The fourth-order valence-corrected chi connectivity index (χ4v) is 6.40. The average molecular weight is 458 g/mol. The molecule has 162 valence electrons. The Hall–Kier alpha value is -2.45. The Morgan fingerprint density at radius 3 is 2.55 bits per heavy atom. The molecule has 2 saturated carbocycles. The molecule has 3 unspecified atom stereocenters. The van der Waals surface area contributed by atoms with E-state index in [2.05, 4.69) is 0 Å². The summed E-state index contributed by atoms with van der Waals surface area (Å²) in [6, 6.07) is 7.23. The van der Waals surface area contributed by atoms with Crippen molar-refractivity contribution < 1.29 is 23.8 Å². The topological polar surface area (TPSA) is 72.1 Å². The number of phenols is 1. The van der Waals surface area contributed by atoms with Crippen molar-refractivity contribution in [3.63, 3.8) is 0 Å². The maximum Gasteiger partial charge on any atom is 0.266 e. The second-order valence-corrected chi connectivity index (χ2v) is 9.90. The lowest BCUT2D eigenvalue weighted by atomic mass is 9.94. The molecule has 2 aliphatic carbocycles. The van der Waals surface area contributed by atoms with Crippen LogP contribution in [0, 0.1) is 11.8 Å². The minimum Gasteiger partial charge on any atom is -0.502 e. The molecular formula is C23H23NO5S2. The van der Waals surface area contributed by atoms with Gasteiger partial charge in [0.2, 0.25) is 5.75 Å². The molecule has 8 heteroatoms. The molecule has 2 bridgehead atoms. The Labute approximate surface area is 190 Å². The van der Waals surface area contributed by atoms with Crippen LogP contribution in [0.1, 0.15) is 31.4 Å². The highest BCUT2D eigenvalue weighted by Gasteiger charge is 2.48. The molecule has 6 nitrogen and oxygen atoms in total. The second-order valence-electron chi connectivity index (χ2n) is 8.23. The van der Waals surface area contributed by atoms with Gasteiger partial charge in [0, 0.05) is 17.7 Å². The van der Waals surface area contributed by atoms with Crippen molar-refractivity contribution in [2.45, 2.75) is 31.7 Å². The molecule has 0 spiro atoms. The predicted octanol–water partition coefficient (Wildman–Crippen LogP) is 5.06. The number of thiocarbonyl (C=S) groups is 1. The van der Waals surface area contributed by atoms with Gasteiger partial charge < -0.3 is 19.0 Å². The first-order valence-electron chi connectivity index (χ1n) is 10.3. The summed E-state index contributed by atoms with van der Waals surface area (Å²) in [4.78, 5) is 15.5. The molecule has 1 aromatic heterocycles. The largest absolute Gasteiger partial charge is 0.502 e. The number of nitrogens with zero attached hydrogens (tertiary/aromatic N) is 1. The minimum absolute atomic E-state index is 0.0153. The summed E-state index contributed by atoms with van der Waals surface area (Å²) in [5, 5.41) is 10.1. The summed E-state index contributed by atoms with van der Waals surface area (Å²) in [6.45, 7) is 0. The molecule has 1 N–H and O–H groups in total. The monoisotopic (exact) mass is 457 g/mol. The molecule has 1 amide bonds. The summed E-state index contributed by atoms with van der Waals surface area (Å²) in [5.41, 5.74) is 0.695. The standard InChI is InChI=1S/C23H23NO5S2/c1-27-18-9-14(10-19(28-2)21(18)25)17-6-5-15(29-17)11-20-22(26)24(23(30)31-20)16-8-12-3-4-13(16)7-12/h5-6,9-13,16,25H,3-4,7-8H2,1-2H3/b20-11-. The number of amides is 1. The van der Waals surface area contributed by atoms with Gasteiger partial charge in [-0.2, -0.15) is 0 Å². The zero-order valence-corrected chi connectivity index (χ0v) is 18.9. The summed E-state index contributed by atoms with van der Waals surface area (Å²) in [6.07, 6.45) is 6.53. The van der Waals surface area contributed by atoms with Crippen LogP contribution in [0.2, 0.25) is 0 Å². The molecular weight excluding hydrogens is 434 g/mol. The zero-order valence-electron chi connectivity index (χ0n) is 17.3. The van der Waals surface area contributed by atoms with Crippen molar-refractivity contribution in [1.82, 2.24) is 4.90 Å². The van der Waals surface area contributed by atoms with Gasteiger partial charge in [-0.05, 0) is 55.4 Å². The smallest absolute Gasteiger partial charge is 0.266 e. The summed E-state index contributed by atoms with van der Waals surface area (Å²) < 4.78 is 17.1. The first-order valence-corrected chi connectivity index (χ1v) is 11.5. The van der Waals surface area contributed by atoms with E-state index in [9.17, 15) is 9.90 Å². The van der Waals surface area contributed by atoms with Crippen LogP contribution < -0.4 is 9.47 Å². The van der Waals surface area contributed by atoms with E-state index in [0.29, 0.717) is 43.7 Å². The van der Waals surface area contributed by atoms with E-state index >= 15 is 0 Å². The minimum atomic E-state index is -0.0650. The molecule has 2 heterocycles. The number of thioether (sulfide) groups is 1. The van der Waals surface area contributed by atoms with E-state index in [-0.39, 0.29) is 17.7 Å². The van der Waals surface area contributed by atoms with Crippen molar-refractivity contribution >= 4 is 40.3 Å². The highest BCUT2D eigenvalue weighted by Crippen LogP contribution is 2.49. The first kappa shape index (κ1) is 20.5. The van der Waals surface area contributed by atoms with Crippen LogP contribution in [0.5, 0.6) is 17.2 Å². The number of rotatable bonds is 5. The number of carbonyl (C=O) groups is 1. The number of furan rings is 1. The van der Waals surface area contributed by atoms with Crippen LogP contribution in [-0.2, 0) is 4.79 Å². The number of carbonyl (C=O) groups excluding carboxylic acids is 1. The van der Waals surface area contributed by atoms with Gasteiger partial charge in [0.25, 0.3) is 5.91 Å². The normalized spacial score (nSPS) is 26.3. The molecule has 31 heavy (non-hydrogen) atoms. The van der Waals surface area contributed by atoms with Crippen molar-refractivity contribution in [1.29, 1.82) is 0 Å². The zero-order chi connectivity index (χ0) is 21.7. The van der Waals surface area contributed by atoms with E-state index in [1.165, 1.54) is 45.2 Å². The predicted molar refractivity (Wildman–Crippen MR) is 123 cm³/mol. The van der Waals surface area contributed by atoms with E-state index in [4.69, 9.17) is 26.1 Å². The van der Waals surface area contributed by atoms with Gasteiger partial charge in [0.1, 0.15) is 15.8 Å². The third-order valence-electron chi connectivity index (χ3n) is 6.52. The van der Waals surface area contributed by atoms with Gasteiger partial charge in [0.15, 0.2) is 11.5 Å². The van der Waals surface area contributed by atoms with Crippen molar-refractivity contribution in [2.24, 2.45) is 11.8 Å². The number of phenolic OH excluding ortho intramolecular Hbond substituents is 1. The number of hydrogen-bond donors (Lipinski definition) is 1. The van der Waals surface area contributed by atoms with E-state index in [1.54, 1.807) is 18.2 Å². The van der Waals surface area contributed by atoms with Crippen molar-refractivity contribution in [3.05, 3.63) is 34.9 Å². The number of aromatic hydroxyl groups is 1. The van der Waals surface area contributed by atoms with Gasteiger partial charge in [0.05, 0.1) is 19.1 Å². The van der Waals surface area contributed by atoms with E-state index in [1.807, 2.05) is 17.0 Å². The maximum absolute atomic E-state index is 13.1. The Bertz CT molecular complexity index is 1070. The summed E-state index contributed by atoms with van der Waals surface area (Å²) >= 11 is 6.90. The molecule has 3 atom stereocenters. The van der Waals surface area contributed by atoms with Crippen LogP contribution >= 0.6 is 24.0 Å². The molecule has 1 aromatic carbocycles. The Kier molecular flexibility index (Phi) is 5.22. The number of fused-ring (bicyclic) bond motifs is 2. The van der Waals surface area contributed by atoms with Gasteiger partial charge in [-0.15, -0.1) is 0 Å². The van der Waals surface area contributed by atoms with Gasteiger partial charge in [-0.25, -0.2) is 0 Å². The van der Waals surface area contributed by atoms with Crippen LogP contribution in [0.15, 0.2) is 33.6 Å². The molecule has 1 saturated heterocycles. The van der Waals surface area contributed by atoms with Crippen LogP contribution in [0.4, 0.5) is 0 Å². The Morgan fingerprint density at radius 1 is 1.19 bits per heavy atom. The Morgan fingerprint density at radius 2 is 1.94 bits per heavy atom. The highest BCUT2D eigenvalue weighted by molar-refractivity contribution is 8.26. The van der Waals surface area contributed by atoms with Crippen LogP contribution in [0.3, 0.4) is 0 Å². The lowest BCUT2D eigenvalue weighted by molar-refractivity contribution is -0.124. The average Bonchev–Trinajstić information content (AvgIpc) is 3.54. The van der Waals surface area contributed by atoms with Gasteiger partial charge in [-0.1, -0.05) is 30.4 Å². The van der Waals surface area contributed by atoms with Crippen LogP contribution in [-0.4, -0.2) is 40.5 Å². The third-order valence-corrected chi connectivity index (χ3v) is 7.85. The van der Waals surface area contributed by atoms with E-state index < -0.39 is 0 Å². The van der Waals surface area contributed by atoms with Crippen molar-refractivity contribution in [2.75, 3.05) is 14.2 Å². The van der Waals surface area contributed by atoms with Crippen molar-refractivity contribution in [3.8, 4) is 28.6 Å². The number of ether oxygens (including phenoxy) is 2. The SMILES string of the molecule is COc1cc(-c2ccc(/C=C3\SC(=S)N(C4CC5CCC4C5)C3=O)o2)cc(OC)c1O. The fourth-order valence-electron chi connectivity index (χ4n) is 5.04. The number of hydrogen-bond acceptors (Lipinski definition) is 7. The number of benzene rings is 1. The lowest BCUT2D eigenvalue weighted by Crippen LogP contribution is -2.41. The van der Waals surface area contributed by atoms with E-state index in [0.717, 1.165) is 12.3 Å². The quantitative estimate of drug-likeness (QED) is 0.497.